The van der Waals surface area contributed by atoms with Gasteiger partial charge in [0.1, 0.15) is 5.82 Å². The molecule has 1 amide bonds. The molecule has 1 aromatic heterocycles. The summed E-state index contributed by atoms with van der Waals surface area (Å²) in [5, 5.41) is 11.5. The van der Waals surface area contributed by atoms with E-state index >= 15 is 0 Å². The Hall–Kier alpha value is -2.54. The number of aryl methyl sites for hydroxylation is 1. The van der Waals surface area contributed by atoms with Gasteiger partial charge in [-0.1, -0.05) is 6.07 Å². The van der Waals surface area contributed by atoms with E-state index in [1.807, 2.05) is 6.92 Å². The highest BCUT2D eigenvalue weighted by atomic mass is 32.1. The van der Waals surface area contributed by atoms with E-state index in [1.54, 1.807) is 6.20 Å². The van der Waals surface area contributed by atoms with Gasteiger partial charge in [0.05, 0.1) is 0 Å². The van der Waals surface area contributed by atoms with Crippen LogP contribution in [-0.4, -0.2) is 22.0 Å². The number of carbonyl (C=O) groups is 2. The molecule has 0 fully saturated rings. The molecule has 21 heavy (non-hydrogen) atoms. The van der Waals surface area contributed by atoms with Gasteiger partial charge >= 0.3 is 5.97 Å². The number of thiazole rings is 1. The average Bonchev–Trinajstić information content (AvgIpc) is 2.82. The fourth-order valence-corrected chi connectivity index (χ4v) is 2.21. The van der Waals surface area contributed by atoms with Crippen LogP contribution in [0.1, 0.15) is 20.8 Å². The SMILES string of the molecule is Cc1cnc(NC(=O)c2ccc(C=CC(=O)O)c(F)c2)s1. The second kappa shape index (κ2) is 6.27. The molecule has 0 bridgehead atoms. The van der Waals surface area contributed by atoms with Crippen molar-refractivity contribution in [3.63, 3.8) is 0 Å². The lowest BCUT2D eigenvalue weighted by molar-refractivity contribution is -0.131. The van der Waals surface area contributed by atoms with Crippen LogP contribution in [0.2, 0.25) is 0 Å². The van der Waals surface area contributed by atoms with Gasteiger partial charge in [0.25, 0.3) is 5.91 Å². The molecule has 0 aliphatic heterocycles. The maximum atomic E-state index is 13.8. The van der Waals surface area contributed by atoms with Gasteiger partial charge in [-0.15, -0.1) is 11.3 Å². The van der Waals surface area contributed by atoms with Crippen molar-refractivity contribution in [1.82, 2.24) is 4.98 Å². The van der Waals surface area contributed by atoms with Crippen molar-refractivity contribution in [2.24, 2.45) is 0 Å². The lowest BCUT2D eigenvalue weighted by Gasteiger charge is -2.03. The van der Waals surface area contributed by atoms with Crippen LogP contribution < -0.4 is 5.32 Å². The van der Waals surface area contributed by atoms with Crippen molar-refractivity contribution in [2.75, 3.05) is 5.32 Å². The molecule has 0 saturated carbocycles. The number of carbonyl (C=O) groups excluding carboxylic acids is 1. The molecule has 0 spiro atoms. The largest absolute Gasteiger partial charge is 0.478 e. The molecule has 0 saturated heterocycles. The Morgan fingerprint density at radius 2 is 2.19 bits per heavy atom. The predicted molar refractivity (Wildman–Crippen MR) is 77.9 cm³/mol. The Morgan fingerprint density at radius 3 is 2.76 bits per heavy atom. The third kappa shape index (κ3) is 3.96. The van der Waals surface area contributed by atoms with E-state index in [0.717, 1.165) is 23.1 Å². The number of hydrogen-bond donors (Lipinski definition) is 2. The van der Waals surface area contributed by atoms with E-state index < -0.39 is 17.7 Å². The number of carboxylic acid groups (broad SMARTS) is 1. The molecular weight excluding hydrogens is 295 g/mol. The summed E-state index contributed by atoms with van der Waals surface area (Å²) in [5.74, 6) is -2.32. The number of nitrogens with one attached hydrogen (secondary N) is 1. The monoisotopic (exact) mass is 306 g/mol. The topological polar surface area (TPSA) is 79.3 Å². The molecule has 0 atom stereocenters. The average molecular weight is 306 g/mol. The number of halogens is 1. The Morgan fingerprint density at radius 1 is 1.43 bits per heavy atom. The summed E-state index contributed by atoms with van der Waals surface area (Å²) in [5.41, 5.74) is 0.229. The molecule has 108 valence electrons. The molecule has 0 aliphatic carbocycles. The van der Waals surface area contributed by atoms with E-state index in [2.05, 4.69) is 10.3 Å². The highest BCUT2D eigenvalue weighted by molar-refractivity contribution is 7.15. The van der Waals surface area contributed by atoms with Crippen LogP contribution in [0.3, 0.4) is 0 Å². The lowest BCUT2D eigenvalue weighted by Crippen LogP contribution is -2.12. The van der Waals surface area contributed by atoms with Crippen LogP contribution in [0.25, 0.3) is 6.08 Å². The summed E-state index contributed by atoms with van der Waals surface area (Å²) in [6.07, 6.45) is 3.58. The molecule has 1 aromatic carbocycles. The van der Waals surface area contributed by atoms with Crippen LogP contribution in [0.4, 0.5) is 9.52 Å². The van der Waals surface area contributed by atoms with Crippen molar-refractivity contribution < 1.29 is 19.1 Å². The number of benzene rings is 1. The number of anilines is 1. The summed E-state index contributed by atoms with van der Waals surface area (Å²) in [4.78, 5) is 27.3. The minimum absolute atomic E-state index is 0.0963. The summed E-state index contributed by atoms with van der Waals surface area (Å²) < 4.78 is 13.8. The maximum absolute atomic E-state index is 13.8. The minimum atomic E-state index is -1.17. The van der Waals surface area contributed by atoms with Crippen LogP contribution in [-0.2, 0) is 4.79 Å². The zero-order chi connectivity index (χ0) is 15.4. The summed E-state index contributed by atoms with van der Waals surface area (Å²) in [7, 11) is 0. The minimum Gasteiger partial charge on any atom is -0.478 e. The first-order chi connectivity index (χ1) is 9.95. The summed E-state index contributed by atoms with van der Waals surface area (Å²) >= 11 is 1.32. The Labute approximate surface area is 123 Å². The van der Waals surface area contributed by atoms with E-state index in [9.17, 15) is 14.0 Å². The number of rotatable bonds is 4. The van der Waals surface area contributed by atoms with E-state index in [0.29, 0.717) is 5.13 Å². The summed E-state index contributed by atoms with van der Waals surface area (Å²) in [6.45, 7) is 1.86. The van der Waals surface area contributed by atoms with Crippen LogP contribution in [0.15, 0.2) is 30.5 Å². The van der Waals surface area contributed by atoms with Gasteiger partial charge in [-0.25, -0.2) is 14.2 Å². The number of nitrogens with zero attached hydrogens (tertiary/aromatic N) is 1. The number of hydrogen-bond acceptors (Lipinski definition) is 4. The molecule has 0 aliphatic rings. The maximum Gasteiger partial charge on any atom is 0.328 e. The van der Waals surface area contributed by atoms with Crippen LogP contribution in [0.5, 0.6) is 0 Å². The van der Waals surface area contributed by atoms with Gasteiger partial charge in [-0.05, 0) is 25.1 Å². The number of aliphatic carboxylic acids is 1. The fourth-order valence-electron chi connectivity index (χ4n) is 1.55. The molecule has 1 heterocycles. The molecule has 2 aromatic rings. The molecule has 2 N–H and O–H groups in total. The molecule has 5 nitrogen and oxygen atoms in total. The van der Waals surface area contributed by atoms with Gasteiger partial charge in [-0.2, -0.15) is 0 Å². The predicted octanol–water partition coefficient (Wildman–Crippen LogP) is 2.94. The van der Waals surface area contributed by atoms with E-state index in [-0.39, 0.29) is 11.1 Å². The second-order valence-electron chi connectivity index (χ2n) is 4.14. The van der Waals surface area contributed by atoms with Gasteiger partial charge in [-0.3, -0.25) is 10.1 Å². The van der Waals surface area contributed by atoms with Crippen molar-refractivity contribution in [3.05, 3.63) is 52.3 Å². The Balaban J connectivity index is 2.15. The third-order valence-corrected chi connectivity index (χ3v) is 3.34. The molecule has 2 rings (SSSR count). The first kappa shape index (κ1) is 14.9. The first-order valence-electron chi connectivity index (χ1n) is 5.90. The van der Waals surface area contributed by atoms with Gasteiger partial charge < -0.3 is 5.11 Å². The van der Waals surface area contributed by atoms with Gasteiger partial charge in [0, 0.05) is 28.3 Å². The molecule has 0 unspecified atom stereocenters. The zero-order valence-electron chi connectivity index (χ0n) is 11.0. The first-order valence-corrected chi connectivity index (χ1v) is 6.71. The van der Waals surface area contributed by atoms with Crippen molar-refractivity contribution in [3.8, 4) is 0 Å². The van der Waals surface area contributed by atoms with E-state index in [1.165, 1.54) is 23.5 Å². The summed E-state index contributed by atoms with van der Waals surface area (Å²) in [6, 6.07) is 3.81. The highest BCUT2D eigenvalue weighted by Crippen LogP contribution is 2.18. The van der Waals surface area contributed by atoms with Gasteiger partial charge in [0.2, 0.25) is 0 Å². The quantitative estimate of drug-likeness (QED) is 0.851. The number of carboxylic acids is 1. The second-order valence-corrected chi connectivity index (χ2v) is 5.37. The standard InChI is InChI=1S/C14H11FN2O3S/c1-8-7-16-14(21-8)17-13(20)10-3-2-9(11(15)6-10)4-5-12(18)19/h2-7H,1H3,(H,18,19)(H,16,17,20). The molecule has 7 heteroatoms. The zero-order valence-corrected chi connectivity index (χ0v) is 11.8. The van der Waals surface area contributed by atoms with Crippen molar-refractivity contribution in [1.29, 1.82) is 0 Å². The normalized spacial score (nSPS) is 10.8. The Bertz CT molecular complexity index is 725. The molecular formula is C14H11FN2O3S. The highest BCUT2D eigenvalue weighted by Gasteiger charge is 2.10. The van der Waals surface area contributed by atoms with Crippen LogP contribution >= 0.6 is 11.3 Å². The van der Waals surface area contributed by atoms with E-state index in [4.69, 9.17) is 5.11 Å². The molecule has 0 radical (unpaired) electrons. The van der Waals surface area contributed by atoms with Crippen molar-refractivity contribution in [2.45, 2.75) is 6.92 Å². The lowest BCUT2D eigenvalue weighted by atomic mass is 10.1. The van der Waals surface area contributed by atoms with Crippen molar-refractivity contribution >= 4 is 34.4 Å². The van der Waals surface area contributed by atoms with Gasteiger partial charge in [0.15, 0.2) is 5.13 Å². The smallest absolute Gasteiger partial charge is 0.328 e. The van der Waals surface area contributed by atoms with Crippen LogP contribution in [0, 0.1) is 12.7 Å². The number of amides is 1. The third-order valence-electron chi connectivity index (χ3n) is 2.51. The number of aromatic nitrogens is 1. The Kier molecular flexibility index (Phi) is 4.44. The fraction of sp³-hybridized carbons (Fsp3) is 0.0714.